The fourth-order valence-electron chi connectivity index (χ4n) is 2.60. The van der Waals surface area contributed by atoms with E-state index in [2.05, 4.69) is 12.2 Å². The van der Waals surface area contributed by atoms with Crippen molar-refractivity contribution in [3.05, 3.63) is 65.2 Å². The number of hydrogen-bond donors (Lipinski definition) is 1. The first-order chi connectivity index (χ1) is 13.1. The molecule has 1 amide bonds. The molecule has 0 unspecified atom stereocenters. The third-order valence-electron chi connectivity index (χ3n) is 4.22. The summed E-state index contributed by atoms with van der Waals surface area (Å²) in [7, 11) is 0. The van der Waals surface area contributed by atoms with Crippen LogP contribution in [-0.4, -0.2) is 12.5 Å². The van der Waals surface area contributed by atoms with E-state index in [1.165, 1.54) is 19.3 Å². The number of para-hydroxylation sites is 1. The number of aryl methyl sites for hydroxylation is 1. The summed E-state index contributed by atoms with van der Waals surface area (Å²) in [4.78, 5) is 12.4. The number of nitriles is 1. The van der Waals surface area contributed by atoms with Crippen molar-refractivity contribution < 1.29 is 9.53 Å². The SMILES string of the molecule is CCCCCCOc1ccc(/C=C(/C#N)C(=O)Nc2ccccc2C)cc1. The highest BCUT2D eigenvalue weighted by Crippen LogP contribution is 2.17. The molecule has 0 aromatic heterocycles. The second-order valence-electron chi connectivity index (χ2n) is 6.42. The van der Waals surface area contributed by atoms with E-state index < -0.39 is 5.91 Å². The van der Waals surface area contributed by atoms with Gasteiger partial charge in [-0.05, 0) is 48.7 Å². The predicted molar refractivity (Wildman–Crippen MR) is 109 cm³/mol. The Balaban J connectivity index is 1.97. The lowest BCUT2D eigenvalue weighted by atomic mass is 10.1. The quantitative estimate of drug-likeness (QED) is 0.364. The minimum Gasteiger partial charge on any atom is -0.494 e. The molecule has 0 aliphatic rings. The molecule has 0 atom stereocenters. The van der Waals surface area contributed by atoms with Crippen LogP contribution in [0.15, 0.2) is 54.1 Å². The normalized spacial score (nSPS) is 10.9. The van der Waals surface area contributed by atoms with Crippen molar-refractivity contribution in [3.63, 3.8) is 0 Å². The third kappa shape index (κ3) is 6.63. The zero-order chi connectivity index (χ0) is 19.5. The summed E-state index contributed by atoms with van der Waals surface area (Å²) in [6.45, 7) is 4.80. The molecule has 0 bridgehead atoms. The number of benzene rings is 2. The number of hydrogen-bond acceptors (Lipinski definition) is 3. The Labute approximate surface area is 161 Å². The number of nitrogens with zero attached hydrogens (tertiary/aromatic N) is 1. The minimum absolute atomic E-state index is 0.0616. The molecule has 0 aliphatic carbocycles. The van der Waals surface area contributed by atoms with Crippen molar-refractivity contribution in [2.24, 2.45) is 0 Å². The summed E-state index contributed by atoms with van der Waals surface area (Å²) >= 11 is 0. The van der Waals surface area contributed by atoms with Crippen LogP contribution in [0.25, 0.3) is 6.08 Å². The molecule has 0 saturated heterocycles. The van der Waals surface area contributed by atoms with Crippen molar-refractivity contribution in [2.45, 2.75) is 39.5 Å². The van der Waals surface area contributed by atoms with Crippen LogP contribution in [0, 0.1) is 18.3 Å². The van der Waals surface area contributed by atoms with Crippen LogP contribution in [0.4, 0.5) is 5.69 Å². The number of carbonyl (C=O) groups excluding carboxylic acids is 1. The smallest absolute Gasteiger partial charge is 0.266 e. The molecule has 2 rings (SSSR count). The second kappa shape index (κ2) is 10.8. The first-order valence-electron chi connectivity index (χ1n) is 9.35. The zero-order valence-electron chi connectivity index (χ0n) is 16.0. The standard InChI is InChI=1S/C23H26N2O2/c1-3-4-5-8-15-27-21-13-11-19(12-14-21)16-20(17-24)23(26)25-22-10-7-6-9-18(22)2/h6-7,9-14,16H,3-5,8,15H2,1-2H3,(H,25,26)/b20-16-. The fraction of sp³-hybridized carbons (Fsp3) is 0.304. The number of amides is 1. The van der Waals surface area contributed by atoms with Crippen LogP contribution in [0.1, 0.15) is 43.7 Å². The van der Waals surface area contributed by atoms with Crippen molar-refractivity contribution in [3.8, 4) is 11.8 Å². The van der Waals surface area contributed by atoms with E-state index in [4.69, 9.17) is 4.74 Å². The lowest BCUT2D eigenvalue weighted by Crippen LogP contribution is -2.14. The van der Waals surface area contributed by atoms with Gasteiger partial charge >= 0.3 is 0 Å². The van der Waals surface area contributed by atoms with E-state index in [0.717, 1.165) is 23.3 Å². The maximum absolute atomic E-state index is 12.4. The number of anilines is 1. The summed E-state index contributed by atoms with van der Waals surface area (Å²) in [5.74, 6) is 0.384. The molecule has 0 radical (unpaired) electrons. The molecule has 4 heteroatoms. The lowest BCUT2D eigenvalue weighted by Gasteiger charge is -2.08. The molecule has 0 fully saturated rings. The van der Waals surface area contributed by atoms with Crippen molar-refractivity contribution >= 4 is 17.7 Å². The number of nitrogens with one attached hydrogen (secondary N) is 1. The molecule has 4 nitrogen and oxygen atoms in total. The highest BCUT2D eigenvalue weighted by atomic mass is 16.5. The monoisotopic (exact) mass is 362 g/mol. The van der Waals surface area contributed by atoms with Gasteiger partial charge in [0.2, 0.25) is 0 Å². The summed E-state index contributed by atoms with van der Waals surface area (Å²) in [5, 5.41) is 12.1. The topological polar surface area (TPSA) is 62.1 Å². The van der Waals surface area contributed by atoms with E-state index >= 15 is 0 Å². The molecular formula is C23H26N2O2. The number of rotatable bonds is 9. The fourth-order valence-corrected chi connectivity index (χ4v) is 2.60. The van der Waals surface area contributed by atoms with Crippen LogP contribution in [0.2, 0.25) is 0 Å². The van der Waals surface area contributed by atoms with Gasteiger partial charge in [-0.2, -0.15) is 5.26 Å². The van der Waals surface area contributed by atoms with E-state index in [1.54, 1.807) is 6.08 Å². The molecular weight excluding hydrogens is 336 g/mol. The molecule has 2 aromatic carbocycles. The van der Waals surface area contributed by atoms with Gasteiger partial charge in [-0.25, -0.2) is 0 Å². The first kappa shape index (κ1) is 20.3. The minimum atomic E-state index is -0.414. The summed E-state index contributed by atoms with van der Waals surface area (Å²) in [5.41, 5.74) is 2.50. The molecule has 0 heterocycles. The molecule has 0 saturated carbocycles. The highest BCUT2D eigenvalue weighted by molar-refractivity contribution is 6.09. The van der Waals surface area contributed by atoms with Gasteiger partial charge in [-0.15, -0.1) is 0 Å². The number of ether oxygens (including phenoxy) is 1. The Kier molecular flexibility index (Phi) is 8.12. The number of carbonyl (C=O) groups is 1. The first-order valence-corrected chi connectivity index (χ1v) is 9.35. The molecule has 1 N–H and O–H groups in total. The maximum atomic E-state index is 12.4. The van der Waals surface area contributed by atoms with Crippen LogP contribution >= 0.6 is 0 Å². The van der Waals surface area contributed by atoms with Crippen LogP contribution in [0.5, 0.6) is 5.75 Å². The summed E-state index contributed by atoms with van der Waals surface area (Å²) in [6.07, 6.45) is 6.25. The van der Waals surface area contributed by atoms with Gasteiger partial charge in [-0.1, -0.05) is 56.5 Å². The highest BCUT2D eigenvalue weighted by Gasteiger charge is 2.10. The molecule has 27 heavy (non-hydrogen) atoms. The van der Waals surface area contributed by atoms with E-state index in [-0.39, 0.29) is 5.57 Å². The van der Waals surface area contributed by atoms with Gasteiger partial charge < -0.3 is 10.1 Å². The number of unbranched alkanes of at least 4 members (excludes halogenated alkanes) is 3. The Bertz CT molecular complexity index is 817. The van der Waals surface area contributed by atoms with Crippen molar-refractivity contribution in [1.29, 1.82) is 5.26 Å². The van der Waals surface area contributed by atoms with Gasteiger partial charge in [0.15, 0.2) is 0 Å². The van der Waals surface area contributed by atoms with Gasteiger partial charge in [-0.3, -0.25) is 4.79 Å². The molecule has 0 spiro atoms. The van der Waals surface area contributed by atoms with Crippen LogP contribution < -0.4 is 10.1 Å². The Morgan fingerprint density at radius 3 is 2.52 bits per heavy atom. The molecule has 2 aromatic rings. The summed E-state index contributed by atoms with van der Waals surface area (Å²) in [6, 6.07) is 16.9. The maximum Gasteiger partial charge on any atom is 0.266 e. The largest absolute Gasteiger partial charge is 0.494 e. The van der Waals surface area contributed by atoms with Crippen LogP contribution in [0.3, 0.4) is 0 Å². The van der Waals surface area contributed by atoms with Crippen LogP contribution in [-0.2, 0) is 4.79 Å². The average molecular weight is 362 g/mol. The molecule has 140 valence electrons. The third-order valence-corrected chi connectivity index (χ3v) is 4.22. The van der Waals surface area contributed by atoms with Gasteiger partial charge in [0, 0.05) is 5.69 Å². The predicted octanol–water partition coefficient (Wildman–Crippen LogP) is 5.50. The Morgan fingerprint density at radius 2 is 1.85 bits per heavy atom. The summed E-state index contributed by atoms with van der Waals surface area (Å²) < 4.78 is 5.71. The second-order valence-corrected chi connectivity index (χ2v) is 6.42. The van der Waals surface area contributed by atoms with Gasteiger partial charge in [0.25, 0.3) is 5.91 Å². The van der Waals surface area contributed by atoms with E-state index in [1.807, 2.05) is 61.5 Å². The van der Waals surface area contributed by atoms with E-state index in [0.29, 0.717) is 12.3 Å². The zero-order valence-corrected chi connectivity index (χ0v) is 16.0. The average Bonchev–Trinajstić information content (AvgIpc) is 2.68. The van der Waals surface area contributed by atoms with Gasteiger partial charge in [0.1, 0.15) is 17.4 Å². The van der Waals surface area contributed by atoms with E-state index in [9.17, 15) is 10.1 Å². The van der Waals surface area contributed by atoms with Gasteiger partial charge in [0.05, 0.1) is 6.61 Å². The lowest BCUT2D eigenvalue weighted by molar-refractivity contribution is -0.112. The Hall–Kier alpha value is -3.06. The van der Waals surface area contributed by atoms with Crippen molar-refractivity contribution in [2.75, 3.05) is 11.9 Å². The van der Waals surface area contributed by atoms with Crippen molar-refractivity contribution in [1.82, 2.24) is 0 Å². The molecule has 0 aliphatic heterocycles. The Morgan fingerprint density at radius 1 is 1.11 bits per heavy atom.